The van der Waals surface area contributed by atoms with Gasteiger partial charge < -0.3 is 10.4 Å². The summed E-state index contributed by atoms with van der Waals surface area (Å²) in [5.74, 6) is 0. The van der Waals surface area contributed by atoms with Gasteiger partial charge in [-0.05, 0) is 0 Å². The highest BCUT2D eigenvalue weighted by atomic mass is 15.4. The van der Waals surface area contributed by atoms with Crippen LogP contribution in [0, 0.1) is 5.41 Å². The molecule has 0 saturated carbocycles. The van der Waals surface area contributed by atoms with Crippen molar-refractivity contribution >= 4 is 12.4 Å². The minimum atomic E-state index is 1.14. The highest BCUT2D eigenvalue weighted by molar-refractivity contribution is 6.14. The van der Waals surface area contributed by atoms with E-state index in [1.165, 1.54) is 6.21 Å². The molecule has 0 amide bonds. The molecule has 0 saturated heterocycles. The average Bonchev–Trinajstić information content (AvgIpc) is 1.61. The zero-order valence-electron chi connectivity index (χ0n) is 4.55. The van der Waals surface area contributed by atoms with Crippen molar-refractivity contribution in [3.8, 4) is 0 Å². The molecule has 0 aromatic carbocycles. The Balaban J connectivity index is 3.25. The number of rotatable bonds is 2. The number of hydrogen-bond acceptors (Lipinski definition) is 3. The second-order valence-electron chi connectivity index (χ2n) is 1.28. The summed E-state index contributed by atoms with van der Waals surface area (Å²) in [4.78, 5) is 0. The standard InChI is InChI=1S/C4H9N3/c1-7(2)6-4-3-5/h3-5H,1-2H3/b5-3?,6-4-. The summed E-state index contributed by atoms with van der Waals surface area (Å²) in [6.07, 6.45) is 2.56. The van der Waals surface area contributed by atoms with Crippen LogP contribution in [-0.2, 0) is 0 Å². The monoisotopic (exact) mass is 99.1 g/mol. The molecule has 40 valence electrons. The molecule has 7 heavy (non-hydrogen) atoms. The summed E-state index contributed by atoms with van der Waals surface area (Å²) in [5, 5.41) is 11.8. The van der Waals surface area contributed by atoms with Crippen molar-refractivity contribution in [3.05, 3.63) is 0 Å². The van der Waals surface area contributed by atoms with Gasteiger partial charge in [-0.2, -0.15) is 5.10 Å². The van der Waals surface area contributed by atoms with Gasteiger partial charge in [0.25, 0.3) is 0 Å². The SMILES string of the molecule is CN(C)/N=C\C=N. The fourth-order valence-electron chi connectivity index (χ4n) is 0.167. The van der Waals surface area contributed by atoms with E-state index >= 15 is 0 Å². The second kappa shape index (κ2) is 3.33. The first-order valence-corrected chi connectivity index (χ1v) is 1.97. The van der Waals surface area contributed by atoms with E-state index in [1.54, 1.807) is 19.1 Å². The number of nitrogens with zero attached hydrogens (tertiary/aromatic N) is 2. The van der Waals surface area contributed by atoms with Crippen LogP contribution >= 0.6 is 0 Å². The zero-order valence-corrected chi connectivity index (χ0v) is 4.55. The first-order chi connectivity index (χ1) is 3.27. The van der Waals surface area contributed by atoms with E-state index in [-0.39, 0.29) is 0 Å². The third kappa shape index (κ3) is 5.14. The maximum atomic E-state index is 6.50. The number of hydrogen-bond donors (Lipinski definition) is 1. The van der Waals surface area contributed by atoms with Crippen molar-refractivity contribution in [1.29, 1.82) is 5.41 Å². The van der Waals surface area contributed by atoms with Crippen molar-refractivity contribution < 1.29 is 0 Å². The van der Waals surface area contributed by atoms with Gasteiger partial charge in [-0.25, -0.2) is 0 Å². The maximum absolute atomic E-state index is 6.50. The Kier molecular flexibility index (Phi) is 2.92. The van der Waals surface area contributed by atoms with E-state index in [0.29, 0.717) is 0 Å². The summed E-state index contributed by atoms with van der Waals surface area (Å²) in [6, 6.07) is 0. The van der Waals surface area contributed by atoms with E-state index in [9.17, 15) is 0 Å². The lowest BCUT2D eigenvalue weighted by Crippen LogP contribution is -2.01. The van der Waals surface area contributed by atoms with Gasteiger partial charge in [0.2, 0.25) is 0 Å². The predicted molar refractivity (Wildman–Crippen MR) is 31.0 cm³/mol. The normalized spacial score (nSPS) is 9.43. The first-order valence-electron chi connectivity index (χ1n) is 1.97. The Bertz CT molecular complexity index is 75.0. The molecule has 0 spiro atoms. The van der Waals surface area contributed by atoms with E-state index < -0.39 is 0 Å². The molecule has 0 heterocycles. The van der Waals surface area contributed by atoms with Crippen LogP contribution in [0.2, 0.25) is 0 Å². The average molecular weight is 99.1 g/mol. The third-order valence-corrected chi connectivity index (χ3v) is 0.372. The first kappa shape index (κ1) is 6.14. The van der Waals surface area contributed by atoms with Gasteiger partial charge in [-0.15, -0.1) is 0 Å². The molecule has 0 aliphatic heterocycles. The Labute approximate surface area is 43.1 Å². The molecule has 0 aliphatic carbocycles. The molecule has 3 nitrogen and oxygen atoms in total. The maximum Gasteiger partial charge on any atom is 0.0646 e. The zero-order chi connectivity index (χ0) is 5.70. The summed E-state index contributed by atoms with van der Waals surface area (Å²) in [5.41, 5.74) is 0. The minimum Gasteiger partial charge on any atom is -0.307 e. The molecule has 0 unspecified atom stereocenters. The second-order valence-corrected chi connectivity index (χ2v) is 1.28. The van der Waals surface area contributed by atoms with Crippen molar-refractivity contribution in [3.63, 3.8) is 0 Å². The molecule has 0 aromatic rings. The van der Waals surface area contributed by atoms with Gasteiger partial charge in [0.15, 0.2) is 0 Å². The molecular weight excluding hydrogens is 90.1 g/mol. The summed E-state index contributed by atoms with van der Waals surface area (Å²) >= 11 is 0. The van der Waals surface area contributed by atoms with Gasteiger partial charge in [0.05, 0.1) is 6.21 Å². The van der Waals surface area contributed by atoms with E-state index in [2.05, 4.69) is 5.10 Å². The fourth-order valence-corrected chi connectivity index (χ4v) is 0.167. The molecule has 0 fully saturated rings. The molecule has 0 rings (SSSR count). The van der Waals surface area contributed by atoms with Gasteiger partial charge in [0, 0.05) is 20.3 Å². The fraction of sp³-hybridized carbons (Fsp3) is 0.500. The van der Waals surface area contributed by atoms with Crippen LogP contribution in [0.5, 0.6) is 0 Å². The highest BCUT2D eigenvalue weighted by Gasteiger charge is 1.68. The van der Waals surface area contributed by atoms with Gasteiger partial charge in [-0.1, -0.05) is 0 Å². The van der Waals surface area contributed by atoms with Crippen LogP contribution in [0.3, 0.4) is 0 Å². The van der Waals surface area contributed by atoms with Gasteiger partial charge in [-0.3, -0.25) is 0 Å². The topological polar surface area (TPSA) is 39.5 Å². The molecule has 0 aliphatic rings. The van der Waals surface area contributed by atoms with E-state index in [1.807, 2.05) is 0 Å². The van der Waals surface area contributed by atoms with Crippen molar-refractivity contribution in [2.45, 2.75) is 0 Å². The largest absolute Gasteiger partial charge is 0.307 e. The van der Waals surface area contributed by atoms with Crippen LogP contribution in [0.1, 0.15) is 0 Å². The lowest BCUT2D eigenvalue weighted by molar-refractivity contribution is 0.441. The van der Waals surface area contributed by atoms with Gasteiger partial charge in [0.1, 0.15) is 0 Å². The van der Waals surface area contributed by atoms with E-state index in [4.69, 9.17) is 5.41 Å². The lowest BCUT2D eigenvalue weighted by atomic mass is 10.8. The summed E-state index contributed by atoms with van der Waals surface area (Å²) in [6.45, 7) is 0. The third-order valence-electron chi connectivity index (χ3n) is 0.372. The molecular formula is C4H9N3. The Morgan fingerprint density at radius 3 is 2.29 bits per heavy atom. The summed E-state index contributed by atoms with van der Waals surface area (Å²) in [7, 11) is 3.61. The Morgan fingerprint density at radius 2 is 2.14 bits per heavy atom. The minimum absolute atomic E-state index is 1.14. The molecule has 0 bridgehead atoms. The van der Waals surface area contributed by atoms with Crippen LogP contribution < -0.4 is 0 Å². The molecule has 0 aromatic heterocycles. The predicted octanol–water partition coefficient (Wildman–Crippen LogP) is 0.183. The van der Waals surface area contributed by atoms with E-state index in [0.717, 1.165) is 6.21 Å². The highest BCUT2D eigenvalue weighted by Crippen LogP contribution is 1.66. The van der Waals surface area contributed by atoms with Gasteiger partial charge >= 0.3 is 0 Å². The number of nitrogens with one attached hydrogen (secondary N) is 1. The molecule has 3 heteroatoms. The van der Waals surface area contributed by atoms with Crippen LogP contribution in [-0.4, -0.2) is 31.5 Å². The van der Waals surface area contributed by atoms with Crippen LogP contribution in [0.25, 0.3) is 0 Å². The molecule has 1 N–H and O–H groups in total. The lowest BCUT2D eigenvalue weighted by Gasteiger charge is -1.98. The number of hydrazone groups is 1. The summed E-state index contributed by atoms with van der Waals surface area (Å²) < 4.78 is 0. The quantitative estimate of drug-likeness (QED) is 0.389. The van der Waals surface area contributed by atoms with Crippen molar-refractivity contribution in [1.82, 2.24) is 5.01 Å². The van der Waals surface area contributed by atoms with Crippen molar-refractivity contribution in [2.75, 3.05) is 14.1 Å². The van der Waals surface area contributed by atoms with Crippen LogP contribution in [0.4, 0.5) is 0 Å². The molecule has 0 radical (unpaired) electrons. The Hall–Kier alpha value is -0.860. The van der Waals surface area contributed by atoms with Crippen LogP contribution in [0.15, 0.2) is 5.10 Å². The molecule has 0 atom stereocenters. The van der Waals surface area contributed by atoms with Crippen molar-refractivity contribution in [2.24, 2.45) is 5.10 Å². The smallest absolute Gasteiger partial charge is 0.0646 e. The Morgan fingerprint density at radius 1 is 1.57 bits per heavy atom.